The predicted molar refractivity (Wildman–Crippen MR) is 68.5 cm³/mol. The third-order valence-electron chi connectivity index (χ3n) is 1.75. The molecule has 15 heavy (non-hydrogen) atoms. The Kier molecular flexibility index (Phi) is 3.82. The molecule has 0 bridgehead atoms. The fourth-order valence-corrected chi connectivity index (χ4v) is 2.68. The highest BCUT2D eigenvalue weighted by molar-refractivity contribution is 9.09. The topological polar surface area (TPSA) is 31.4 Å². The minimum atomic E-state index is 0.446. The average Bonchev–Trinajstić information content (AvgIpc) is 2.62. The summed E-state index contributed by atoms with van der Waals surface area (Å²) in [6.07, 6.45) is 0. The van der Waals surface area contributed by atoms with Gasteiger partial charge in [0.05, 0.1) is 5.52 Å². The summed E-state index contributed by atoms with van der Waals surface area (Å²) >= 11 is 7.91. The van der Waals surface area contributed by atoms with Gasteiger partial charge >= 0.3 is 0 Å². The molecular formula is C9H7Br2NO2S. The Morgan fingerprint density at radius 2 is 2.00 bits per heavy atom. The maximum absolute atomic E-state index is 5.43. The lowest BCUT2D eigenvalue weighted by atomic mass is 10.3. The smallest absolute Gasteiger partial charge is 0.275 e. The summed E-state index contributed by atoms with van der Waals surface area (Å²) in [6.45, 7) is 0. The van der Waals surface area contributed by atoms with Crippen LogP contribution in [0.25, 0.3) is 10.2 Å². The zero-order valence-corrected chi connectivity index (χ0v) is 11.6. The van der Waals surface area contributed by atoms with Crippen LogP contribution in [0.4, 0.5) is 0 Å². The van der Waals surface area contributed by atoms with Gasteiger partial charge in [0.1, 0.15) is 21.5 Å². The fourth-order valence-electron chi connectivity index (χ4n) is 1.18. The van der Waals surface area contributed by atoms with Crippen molar-refractivity contribution in [2.24, 2.45) is 0 Å². The van der Waals surface area contributed by atoms with Crippen LogP contribution in [0, 0.1) is 0 Å². The molecule has 0 saturated carbocycles. The highest BCUT2D eigenvalue weighted by atomic mass is 79.9. The van der Waals surface area contributed by atoms with E-state index in [1.807, 2.05) is 18.2 Å². The van der Waals surface area contributed by atoms with Crippen molar-refractivity contribution in [1.29, 1.82) is 0 Å². The molecule has 0 saturated heterocycles. The molecule has 0 amide bonds. The molecule has 0 spiro atoms. The first-order valence-electron chi connectivity index (χ1n) is 4.12. The van der Waals surface area contributed by atoms with Gasteiger partial charge in [-0.3, -0.25) is 0 Å². The van der Waals surface area contributed by atoms with Gasteiger partial charge in [-0.25, -0.2) is 4.98 Å². The number of nitrogens with zero attached hydrogens (tertiary/aromatic N) is 1. The van der Waals surface area contributed by atoms with Crippen molar-refractivity contribution in [2.45, 2.75) is 0 Å². The van der Waals surface area contributed by atoms with Crippen molar-refractivity contribution in [3.63, 3.8) is 0 Å². The van der Waals surface area contributed by atoms with E-state index in [9.17, 15) is 0 Å². The first-order valence-corrected chi connectivity index (χ1v) is 7.18. The van der Waals surface area contributed by atoms with E-state index in [2.05, 4.69) is 36.8 Å². The fraction of sp³-hybridized carbons (Fsp3) is 0.222. The second-order valence-electron chi connectivity index (χ2n) is 2.59. The molecule has 0 unspecified atom stereocenters. The molecule has 0 aliphatic rings. The molecule has 0 aliphatic carbocycles. The molecule has 0 fully saturated rings. The van der Waals surface area contributed by atoms with Crippen molar-refractivity contribution in [3.05, 3.63) is 18.2 Å². The summed E-state index contributed by atoms with van der Waals surface area (Å²) in [5, 5.41) is 0.646. The lowest BCUT2D eigenvalue weighted by molar-refractivity contribution is 0.396. The van der Waals surface area contributed by atoms with Crippen LogP contribution in [0.5, 0.6) is 10.9 Å². The van der Waals surface area contributed by atoms with Gasteiger partial charge in [-0.2, -0.15) is 0 Å². The van der Waals surface area contributed by atoms with Crippen LogP contribution in [-0.4, -0.2) is 16.0 Å². The zero-order valence-electron chi connectivity index (χ0n) is 7.57. The molecule has 6 heteroatoms. The summed E-state index contributed by atoms with van der Waals surface area (Å²) in [5.41, 5.74) is 1.81. The molecule has 1 heterocycles. The van der Waals surface area contributed by atoms with Crippen LogP contribution in [0.15, 0.2) is 18.2 Å². The monoisotopic (exact) mass is 351 g/mol. The van der Waals surface area contributed by atoms with Crippen LogP contribution in [0.3, 0.4) is 0 Å². The number of rotatable bonds is 4. The molecule has 80 valence electrons. The molecule has 2 aromatic rings. The predicted octanol–water partition coefficient (Wildman–Crippen LogP) is 3.76. The third kappa shape index (κ3) is 2.43. The molecule has 0 radical (unpaired) electrons. The second kappa shape index (κ2) is 5.14. The van der Waals surface area contributed by atoms with Gasteiger partial charge in [0.25, 0.3) is 5.19 Å². The van der Waals surface area contributed by atoms with Gasteiger partial charge in [0, 0.05) is 0 Å². The number of thiazole rings is 1. The summed E-state index contributed by atoms with van der Waals surface area (Å²) in [4.78, 5) is 4.32. The normalized spacial score (nSPS) is 10.5. The number of fused-ring (bicyclic) bond motifs is 1. The van der Waals surface area contributed by atoms with Crippen LogP contribution < -0.4 is 9.47 Å². The lowest BCUT2D eigenvalue weighted by Gasteiger charge is -2.00. The van der Waals surface area contributed by atoms with Gasteiger partial charge in [0.2, 0.25) is 0 Å². The quantitative estimate of drug-likeness (QED) is 0.785. The van der Waals surface area contributed by atoms with Gasteiger partial charge in [-0.15, -0.1) is 0 Å². The standard InChI is InChI=1S/C9H7Br2NO2S/c10-4-13-7-3-1-2-6-8(7)15-9(12-6)14-5-11/h1-3H,4-5H2. The van der Waals surface area contributed by atoms with E-state index < -0.39 is 0 Å². The Hall–Kier alpha value is -0.330. The van der Waals surface area contributed by atoms with E-state index in [-0.39, 0.29) is 0 Å². The molecule has 2 rings (SSSR count). The summed E-state index contributed by atoms with van der Waals surface area (Å²) in [5.74, 6) is 0.825. The molecule has 0 atom stereocenters. The molecule has 3 nitrogen and oxygen atoms in total. The van der Waals surface area contributed by atoms with Crippen LogP contribution >= 0.6 is 43.2 Å². The summed E-state index contributed by atoms with van der Waals surface area (Å²) in [6, 6.07) is 5.77. The third-order valence-corrected chi connectivity index (χ3v) is 3.20. The Bertz CT molecular complexity index is 460. The number of ether oxygens (including phenoxy) is 2. The van der Waals surface area contributed by atoms with E-state index in [0.29, 0.717) is 16.2 Å². The Balaban J connectivity index is 2.44. The second-order valence-corrected chi connectivity index (χ2v) is 4.47. The molecule has 1 aromatic heterocycles. The SMILES string of the molecule is BrCOc1nc2cccc(OCBr)c2s1. The number of hydrogen-bond donors (Lipinski definition) is 0. The Morgan fingerprint density at radius 3 is 2.73 bits per heavy atom. The van der Waals surface area contributed by atoms with Gasteiger partial charge in [-0.05, 0) is 44.0 Å². The van der Waals surface area contributed by atoms with Gasteiger partial charge in [-0.1, -0.05) is 17.4 Å². The van der Waals surface area contributed by atoms with E-state index in [4.69, 9.17) is 9.47 Å². The highest BCUT2D eigenvalue weighted by Gasteiger charge is 2.08. The maximum Gasteiger partial charge on any atom is 0.275 e. The van der Waals surface area contributed by atoms with Crippen molar-refractivity contribution < 1.29 is 9.47 Å². The largest absolute Gasteiger partial charge is 0.481 e. The van der Waals surface area contributed by atoms with Gasteiger partial charge < -0.3 is 9.47 Å². The van der Waals surface area contributed by atoms with E-state index in [1.165, 1.54) is 11.3 Å². The first-order chi connectivity index (χ1) is 7.35. The molecule has 1 aromatic carbocycles. The minimum Gasteiger partial charge on any atom is -0.481 e. The number of benzene rings is 1. The zero-order chi connectivity index (χ0) is 10.7. The number of alkyl halides is 2. The van der Waals surface area contributed by atoms with Crippen molar-refractivity contribution >= 4 is 53.4 Å². The minimum absolute atomic E-state index is 0.446. The van der Waals surface area contributed by atoms with E-state index in [0.717, 1.165) is 16.0 Å². The number of halogens is 2. The maximum atomic E-state index is 5.43. The number of aromatic nitrogens is 1. The van der Waals surface area contributed by atoms with E-state index >= 15 is 0 Å². The van der Waals surface area contributed by atoms with Crippen molar-refractivity contribution in [1.82, 2.24) is 4.98 Å². The van der Waals surface area contributed by atoms with Crippen LogP contribution in [0.1, 0.15) is 0 Å². The van der Waals surface area contributed by atoms with Gasteiger partial charge in [0.15, 0.2) is 0 Å². The summed E-state index contributed by atoms with van der Waals surface area (Å²) < 4.78 is 11.7. The Labute approximate surface area is 108 Å². The van der Waals surface area contributed by atoms with Crippen LogP contribution in [0.2, 0.25) is 0 Å². The first kappa shape index (κ1) is 11.2. The summed E-state index contributed by atoms with van der Waals surface area (Å²) in [7, 11) is 0. The van der Waals surface area contributed by atoms with E-state index in [1.54, 1.807) is 0 Å². The van der Waals surface area contributed by atoms with Crippen LogP contribution in [-0.2, 0) is 0 Å². The average molecular weight is 353 g/mol. The lowest BCUT2D eigenvalue weighted by Crippen LogP contribution is -1.87. The molecule has 0 N–H and O–H groups in total. The number of hydrogen-bond acceptors (Lipinski definition) is 4. The van der Waals surface area contributed by atoms with Crippen molar-refractivity contribution in [3.8, 4) is 10.9 Å². The molecule has 0 aliphatic heterocycles. The molecular weight excluding hydrogens is 346 g/mol. The van der Waals surface area contributed by atoms with Crippen molar-refractivity contribution in [2.75, 3.05) is 11.0 Å². The highest BCUT2D eigenvalue weighted by Crippen LogP contribution is 2.35. The Morgan fingerprint density at radius 1 is 1.20 bits per heavy atom.